The first kappa shape index (κ1) is 31.4. The first-order chi connectivity index (χ1) is 23.7. The van der Waals surface area contributed by atoms with Crippen molar-refractivity contribution in [3.05, 3.63) is 138 Å². The maximum Gasteiger partial charge on any atom is 0.407 e. The van der Waals surface area contributed by atoms with Crippen molar-refractivity contribution in [3.8, 4) is 0 Å². The zero-order valence-electron chi connectivity index (χ0n) is 27.0. The third kappa shape index (κ3) is 5.13. The van der Waals surface area contributed by atoms with Gasteiger partial charge in [-0.1, -0.05) is 97.1 Å². The molecule has 250 valence electrons. The molecule has 0 saturated carbocycles. The van der Waals surface area contributed by atoms with Crippen LogP contribution < -0.4 is 4.90 Å². The lowest BCUT2D eigenvalue weighted by Gasteiger charge is -2.37. The number of likely N-dealkylation sites (tertiary alicyclic amines) is 1. The number of benzene rings is 4. The summed E-state index contributed by atoms with van der Waals surface area (Å²) in [7, 11) is -2.69. The number of anilines is 1. The number of hydrogen-bond acceptors (Lipinski definition) is 5. The fourth-order valence-electron chi connectivity index (χ4n) is 8.06. The summed E-state index contributed by atoms with van der Waals surface area (Å²) in [6.45, 7) is 1.09. The first-order valence-electron chi connectivity index (χ1n) is 16.6. The van der Waals surface area contributed by atoms with E-state index in [1.807, 2.05) is 78.9 Å². The van der Waals surface area contributed by atoms with Gasteiger partial charge < -0.3 is 14.9 Å². The molecule has 0 bridgehead atoms. The molecule has 4 aromatic carbocycles. The van der Waals surface area contributed by atoms with Crippen molar-refractivity contribution >= 4 is 44.8 Å². The van der Waals surface area contributed by atoms with E-state index >= 15 is 0 Å². The summed E-state index contributed by atoms with van der Waals surface area (Å²) in [6, 6.07) is 37.1. The van der Waals surface area contributed by atoms with Crippen LogP contribution >= 0.6 is 10.6 Å². The molecule has 2 amide bonds. The lowest BCUT2D eigenvalue weighted by Crippen LogP contribution is -2.38. The van der Waals surface area contributed by atoms with Crippen LogP contribution in [0.25, 0.3) is 16.5 Å². The molecular weight excluding hydrogens is 637 g/mol. The number of amides is 2. The minimum absolute atomic E-state index is 0.0393. The van der Waals surface area contributed by atoms with Gasteiger partial charge in [0, 0.05) is 36.5 Å². The molecule has 49 heavy (non-hydrogen) atoms. The topological polar surface area (TPSA) is 119 Å². The second-order valence-corrected chi connectivity index (χ2v) is 15.7. The Morgan fingerprint density at radius 1 is 0.816 bits per heavy atom. The third-order valence-corrected chi connectivity index (χ3v) is 12.2. The van der Waals surface area contributed by atoms with Gasteiger partial charge in [0.25, 0.3) is 0 Å². The van der Waals surface area contributed by atoms with E-state index in [0.29, 0.717) is 32.4 Å². The Hall–Kier alpha value is -4.90. The van der Waals surface area contributed by atoms with Crippen LogP contribution in [0.3, 0.4) is 0 Å². The van der Waals surface area contributed by atoms with Gasteiger partial charge in [0.2, 0.25) is 5.91 Å². The molecule has 3 aliphatic heterocycles. The summed E-state index contributed by atoms with van der Waals surface area (Å²) in [5, 5.41) is 15.9. The normalized spacial score (nSPS) is 21.3. The Balaban J connectivity index is 1.36. The number of fused-ring (bicyclic) bond motifs is 1. The Kier molecular flexibility index (Phi) is 7.62. The van der Waals surface area contributed by atoms with Crippen LogP contribution in [0.15, 0.2) is 115 Å². The molecule has 3 N–H and O–H groups in total. The van der Waals surface area contributed by atoms with Gasteiger partial charge in [0.1, 0.15) is 5.54 Å². The fraction of sp³-hybridized carbons (Fsp3) is 0.256. The summed E-state index contributed by atoms with van der Waals surface area (Å²) in [6.07, 6.45) is 2.50. The number of allylic oxidation sites excluding steroid dienone is 1. The van der Waals surface area contributed by atoms with E-state index in [-0.39, 0.29) is 24.0 Å². The van der Waals surface area contributed by atoms with Crippen molar-refractivity contribution in [2.75, 3.05) is 36.0 Å². The highest BCUT2D eigenvalue weighted by atomic mass is 32.3. The second kappa shape index (κ2) is 11.9. The van der Waals surface area contributed by atoms with Gasteiger partial charge in [0.15, 0.2) is 0 Å². The zero-order chi connectivity index (χ0) is 33.8. The molecule has 3 aliphatic rings. The number of carbonyl (C=O) groups excluding carboxylic acids is 1. The standard InChI is InChI=1S/C39H38N4O5S/c44-36-38(20-22-41(27-38)37(45)46)21-23-42(36)32-16-17-34-33(26-32)35(28-18-24-49(47,48)25-19-28)40-43(34)39(29-10-4-1-5-11-29,30-12-6-2-7-13-30)31-14-8-3-9-15-31/h1-18,26,47-48H,19-25,27H2,(H,45,46). The summed E-state index contributed by atoms with van der Waals surface area (Å²) in [4.78, 5) is 28.9. The molecule has 0 aliphatic carbocycles. The summed E-state index contributed by atoms with van der Waals surface area (Å²) < 4.78 is 23.1. The molecule has 0 radical (unpaired) electrons. The van der Waals surface area contributed by atoms with Gasteiger partial charge in [0.05, 0.1) is 22.4 Å². The molecular formula is C39H38N4O5S. The Morgan fingerprint density at radius 3 is 1.94 bits per heavy atom. The minimum atomic E-state index is -2.69. The molecule has 1 unspecified atom stereocenters. The van der Waals surface area contributed by atoms with Crippen LogP contribution in [-0.4, -0.2) is 72.0 Å². The van der Waals surface area contributed by atoms with Crippen molar-refractivity contribution < 1.29 is 23.8 Å². The van der Waals surface area contributed by atoms with Crippen LogP contribution in [0, 0.1) is 5.41 Å². The lowest BCUT2D eigenvalue weighted by atomic mass is 9.77. The van der Waals surface area contributed by atoms with Crippen LogP contribution in [0.2, 0.25) is 0 Å². The van der Waals surface area contributed by atoms with Crippen LogP contribution in [0.1, 0.15) is 41.6 Å². The van der Waals surface area contributed by atoms with Gasteiger partial charge in [-0.05, 0) is 59.7 Å². The quantitative estimate of drug-likeness (QED) is 0.160. The lowest BCUT2D eigenvalue weighted by molar-refractivity contribution is -0.124. The van der Waals surface area contributed by atoms with Crippen molar-refractivity contribution in [1.29, 1.82) is 0 Å². The smallest absolute Gasteiger partial charge is 0.407 e. The number of hydrogen-bond donors (Lipinski definition) is 3. The van der Waals surface area contributed by atoms with Gasteiger partial charge >= 0.3 is 6.09 Å². The van der Waals surface area contributed by atoms with Crippen molar-refractivity contribution in [1.82, 2.24) is 14.7 Å². The molecule has 10 heteroatoms. The van der Waals surface area contributed by atoms with Crippen molar-refractivity contribution in [3.63, 3.8) is 0 Å². The van der Waals surface area contributed by atoms with Gasteiger partial charge in [-0.3, -0.25) is 13.9 Å². The molecule has 5 aromatic rings. The van der Waals surface area contributed by atoms with E-state index in [1.165, 1.54) is 4.90 Å². The van der Waals surface area contributed by atoms with Gasteiger partial charge in [-0.25, -0.2) is 9.48 Å². The van der Waals surface area contributed by atoms with Gasteiger partial charge in [-0.15, -0.1) is 0 Å². The minimum Gasteiger partial charge on any atom is -0.465 e. The third-order valence-electron chi connectivity index (χ3n) is 10.6. The Morgan fingerprint density at radius 2 is 1.41 bits per heavy atom. The van der Waals surface area contributed by atoms with E-state index in [4.69, 9.17) is 5.10 Å². The Labute approximate surface area is 286 Å². The zero-order valence-corrected chi connectivity index (χ0v) is 27.8. The maximum absolute atomic E-state index is 14.0. The van der Waals surface area contributed by atoms with Crippen molar-refractivity contribution in [2.24, 2.45) is 5.41 Å². The molecule has 2 saturated heterocycles. The maximum atomic E-state index is 14.0. The van der Waals surface area contributed by atoms with E-state index in [2.05, 4.69) is 41.1 Å². The van der Waals surface area contributed by atoms with Crippen molar-refractivity contribution in [2.45, 2.75) is 24.8 Å². The monoisotopic (exact) mass is 674 g/mol. The first-order valence-corrected chi connectivity index (χ1v) is 18.5. The van der Waals surface area contributed by atoms with Gasteiger partial charge in [-0.2, -0.15) is 15.7 Å². The molecule has 1 atom stereocenters. The molecule has 8 rings (SSSR count). The number of nitrogens with zero attached hydrogens (tertiary/aromatic N) is 4. The van der Waals surface area contributed by atoms with E-state index < -0.39 is 27.6 Å². The summed E-state index contributed by atoms with van der Waals surface area (Å²) in [5.41, 5.74) is 4.80. The number of aromatic nitrogens is 2. The van der Waals surface area contributed by atoms with Crippen LogP contribution in [-0.2, 0) is 10.3 Å². The predicted molar refractivity (Wildman–Crippen MR) is 193 cm³/mol. The fourth-order valence-corrected chi connectivity index (χ4v) is 9.24. The average Bonchev–Trinajstić information content (AvgIpc) is 3.83. The Bertz CT molecular complexity index is 1990. The molecule has 1 spiro atoms. The number of rotatable bonds is 6. The van der Waals surface area contributed by atoms with E-state index in [0.717, 1.165) is 44.5 Å². The number of carboxylic acid groups (broad SMARTS) is 1. The van der Waals surface area contributed by atoms with E-state index in [9.17, 15) is 23.8 Å². The van der Waals surface area contributed by atoms with Crippen LogP contribution in [0.5, 0.6) is 0 Å². The van der Waals surface area contributed by atoms with Crippen LogP contribution in [0.4, 0.5) is 10.5 Å². The molecule has 4 heterocycles. The summed E-state index contributed by atoms with van der Waals surface area (Å²) >= 11 is 0. The highest BCUT2D eigenvalue weighted by Crippen LogP contribution is 2.49. The molecule has 1 aromatic heterocycles. The second-order valence-electron chi connectivity index (χ2n) is 13.4. The average molecular weight is 675 g/mol. The van der Waals surface area contributed by atoms with E-state index in [1.54, 1.807) is 4.90 Å². The largest absolute Gasteiger partial charge is 0.465 e. The summed E-state index contributed by atoms with van der Waals surface area (Å²) in [5.74, 6) is 0.397. The molecule has 9 nitrogen and oxygen atoms in total. The highest BCUT2D eigenvalue weighted by molar-refractivity contribution is 8.24. The highest BCUT2D eigenvalue weighted by Gasteiger charge is 2.52. The molecule has 2 fully saturated rings. The number of carbonyl (C=O) groups is 2. The predicted octanol–water partition coefficient (Wildman–Crippen LogP) is 7.52. The SMILES string of the molecule is O=C(O)N1CCC2(CCN(c3ccc4c(c3)c(C3=CCS(O)(O)CC3)nn4C(c3ccccc3)(c3ccccc3)c3ccccc3)C2=O)C1.